The number of hydrogen-bond acceptors (Lipinski definition) is 4. The second-order valence-electron chi connectivity index (χ2n) is 5.32. The number of halogens is 11. The molecule has 0 spiro atoms. The quantitative estimate of drug-likeness (QED) is 0.251. The van der Waals surface area contributed by atoms with Gasteiger partial charge in [0.15, 0.2) is 0 Å². The summed E-state index contributed by atoms with van der Waals surface area (Å²) in [5.74, 6) is -40.2. The van der Waals surface area contributed by atoms with Crippen LogP contribution in [0.2, 0.25) is 0 Å². The molecule has 0 aliphatic heterocycles. The first-order chi connectivity index (χ1) is 12.5. The maximum Gasteiger partial charge on any atom is 0.384 e. The molecule has 0 radical (unpaired) electrons. The van der Waals surface area contributed by atoms with Crippen molar-refractivity contribution in [2.75, 3.05) is 26.4 Å². The molecule has 0 aromatic rings. The Morgan fingerprint density at radius 3 is 1.50 bits per heavy atom. The van der Waals surface area contributed by atoms with Gasteiger partial charge in [-0.15, -0.1) is 0 Å². The highest BCUT2D eigenvalue weighted by atomic mass is 19.4. The molecular weight excluding hydrogens is 429 g/mol. The van der Waals surface area contributed by atoms with Crippen LogP contribution >= 0.6 is 0 Å². The highest BCUT2D eigenvalue weighted by molar-refractivity contribution is 5.84. The van der Waals surface area contributed by atoms with Crippen molar-refractivity contribution in [2.45, 2.75) is 35.3 Å². The van der Waals surface area contributed by atoms with E-state index >= 15 is 0 Å². The van der Waals surface area contributed by atoms with E-state index in [-0.39, 0.29) is 13.2 Å². The third-order valence-corrected chi connectivity index (χ3v) is 3.65. The van der Waals surface area contributed by atoms with Gasteiger partial charge < -0.3 is 14.2 Å². The molecular formula is C13H11F11O4. The standard InChI is InChI=1S/C13H11F11O4/c1-2-26-3-4-27-5-6-28-7(25)8(14)9(15,16)11(19,20)13(23,24)12(21,22)10(8,17)18/h2H,1,3-6H2. The molecule has 0 unspecified atom stereocenters. The SMILES string of the molecule is C=COCCOCCOC(=O)C1(F)C(F)(F)C(F)(F)C(F)(F)C(F)(F)C1(F)F. The molecule has 1 rings (SSSR count). The third kappa shape index (κ3) is 2.88. The largest absolute Gasteiger partial charge is 0.499 e. The Morgan fingerprint density at radius 2 is 1.07 bits per heavy atom. The molecule has 0 N–H and O–H groups in total. The van der Waals surface area contributed by atoms with Gasteiger partial charge >= 0.3 is 41.3 Å². The lowest BCUT2D eigenvalue weighted by atomic mass is 9.72. The van der Waals surface area contributed by atoms with Crippen molar-refractivity contribution in [3.8, 4) is 0 Å². The Morgan fingerprint density at radius 1 is 0.679 bits per heavy atom. The first-order valence-electron chi connectivity index (χ1n) is 7.04. The summed E-state index contributed by atoms with van der Waals surface area (Å²) in [6, 6.07) is 0. The van der Waals surface area contributed by atoms with Crippen molar-refractivity contribution in [2.24, 2.45) is 0 Å². The van der Waals surface area contributed by atoms with Gasteiger partial charge in [-0.3, -0.25) is 0 Å². The van der Waals surface area contributed by atoms with E-state index in [0.717, 1.165) is 6.26 Å². The lowest BCUT2D eigenvalue weighted by Gasteiger charge is -2.50. The van der Waals surface area contributed by atoms with Crippen molar-refractivity contribution >= 4 is 5.97 Å². The number of ether oxygens (including phenoxy) is 3. The summed E-state index contributed by atoms with van der Waals surface area (Å²) in [5, 5.41) is 0. The van der Waals surface area contributed by atoms with Gasteiger partial charge in [0.2, 0.25) is 0 Å². The molecule has 15 heteroatoms. The van der Waals surface area contributed by atoms with Gasteiger partial charge in [-0.05, 0) is 0 Å². The van der Waals surface area contributed by atoms with E-state index in [4.69, 9.17) is 0 Å². The molecule has 28 heavy (non-hydrogen) atoms. The zero-order valence-electron chi connectivity index (χ0n) is 13.4. The monoisotopic (exact) mass is 440 g/mol. The number of hydrogen-bond donors (Lipinski definition) is 0. The van der Waals surface area contributed by atoms with E-state index in [0.29, 0.717) is 0 Å². The number of esters is 1. The van der Waals surface area contributed by atoms with Crippen LogP contribution < -0.4 is 0 Å². The first-order valence-corrected chi connectivity index (χ1v) is 7.04. The Bertz CT molecular complexity index is 575. The number of alkyl halides is 11. The highest BCUT2D eigenvalue weighted by Gasteiger charge is 3.03. The van der Waals surface area contributed by atoms with Gasteiger partial charge in [0.1, 0.15) is 13.2 Å². The normalized spacial score (nSPS) is 25.5. The summed E-state index contributed by atoms with van der Waals surface area (Å²) >= 11 is 0. The third-order valence-electron chi connectivity index (χ3n) is 3.65. The second-order valence-corrected chi connectivity index (χ2v) is 5.32. The maximum atomic E-state index is 14.2. The Balaban J connectivity index is 3.13. The smallest absolute Gasteiger partial charge is 0.384 e. The average Bonchev–Trinajstić information content (AvgIpc) is 2.58. The van der Waals surface area contributed by atoms with E-state index in [1.165, 1.54) is 0 Å². The van der Waals surface area contributed by atoms with Crippen molar-refractivity contribution < 1.29 is 67.3 Å². The van der Waals surface area contributed by atoms with Crippen molar-refractivity contribution in [1.29, 1.82) is 0 Å². The van der Waals surface area contributed by atoms with Crippen molar-refractivity contribution in [3.63, 3.8) is 0 Å². The van der Waals surface area contributed by atoms with E-state index in [1.807, 2.05) is 0 Å². The highest BCUT2D eigenvalue weighted by Crippen LogP contribution is 2.69. The fraction of sp³-hybridized carbons (Fsp3) is 0.769. The molecule has 0 heterocycles. The van der Waals surface area contributed by atoms with Crippen LogP contribution in [0.4, 0.5) is 48.3 Å². The summed E-state index contributed by atoms with van der Waals surface area (Å²) in [6.07, 6.45) is 0.972. The molecule has 1 fully saturated rings. The van der Waals surface area contributed by atoms with E-state index in [9.17, 15) is 53.1 Å². The summed E-state index contributed by atoms with van der Waals surface area (Å²) in [7, 11) is 0. The molecule has 0 bridgehead atoms. The lowest BCUT2D eigenvalue weighted by Crippen LogP contribution is -2.85. The molecule has 0 saturated heterocycles. The molecule has 1 saturated carbocycles. The Labute approximate surface area is 149 Å². The minimum atomic E-state index is -7.39. The number of carbonyl (C=O) groups is 1. The van der Waals surface area contributed by atoms with Crippen LogP contribution in [0.25, 0.3) is 0 Å². The van der Waals surface area contributed by atoms with Crippen LogP contribution in [0.1, 0.15) is 0 Å². The molecule has 0 atom stereocenters. The summed E-state index contributed by atoms with van der Waals surface area (Å²) in [4.78, 5) is 11.3. The predicted octanol–water partition coefficient (Wildman–Crippen LogP) is 3.60. The van der Waals surface area contributed by atoms with Crippen LogP contribution in [0.5, 0.6) is 0 Å². The summed E-state index contributed by atoms with van der Waals surface area (Å²) < 4.78 is 160. The van der Waals surface area contributed by atoms with Crippen LogP contribution in [0.15, 0.2) is 12.8 Å². The van der Waals surface area contributed by atoms with Crippen LogP contribution in [-0.4, -0.2) is 67.7 Å². The molecule has 164 valence electrons. The minimum absolute atomic E-state index is 0.145. The number of rotatable bonds is 8. The van der Waals surface area contributed by atoms with Crippen LogP contribution in [0.3, 0.4) is 0 Å². The Kier molecular flexibility index (Phi) is 6.25. The van der Waals surface area contributed by atoms with E-state index < -0.39 is 54.5 Å². The average molecular weight is 440 g/mol. The van der Waals surface area contributed by atoms with Crippen LogP contribution in [-0.2, 0) is 19.0 Å². The van der Waals surface area contributed by atoms with Gasteiger partial charge in [-0.25, -0.2) is 9.18 Å². The maximum absolute atomic E-state index is 14.2. The van der Waals surface area contributed by atoms with E-state index in [2.05, 4.69) is 20.8 Å². The van der Waals surface area contributed by atoms with Crippen molar-refractivity contribution in [1.82, 2.24) is 0 Å². The van der Waals surface area contributed by atoms with Crippen molar-refractivity contribution in [3.05, 3.63) is 12.8 Å². The molecule has 1 aliphatic rings. The Hall–Kier alpha value is -1.80. The molecule has 1 aliphatic carbocycles. The minimum Gasteiger partial charge on any atom is -0.499 e. The fourth-order valence-corrected chi connectivity index (χ4v) is 2.06. The summed E-state index contributed by atoms with van der Waals surface area (Å²) in [6.45, 7) is 0.556. The molecule has 0 amide bonds. The van der Waals surface area contributed by atoms with Gasteiger partial charge in [0, 0.05) is 0 Å². The summed E-state index contributed by atoms with van der Waals surface area (Å²) in [5.41, 5.74) is -6.80. The topological polar surface area (TPSA) is 44.8 Å². The zero-order chi connectivity index (χ0) is 22.2. The number of carbonyl (C=O) groups excluding carboxylic acids is 1. The van der Waals surface area contributed by atoms with Gasteiger partial charge in [-0.2, -0.15) is 43.9 Å². The predicted molar refractivity (Wildman–Crippen MR) is 66.5 cm³/mol. The van der Waals surface area contributed by atoms with E-state index in [1.54, 1.807) is 0 Å². The lowest BCUT2D eigenvalue weighted by molar-refractivity contribution is -0.478. The van der Waals surface area contributed by atoms with Gasteiger partial charge in [0.25, 0.3) is 0 Å². The zero-order valence-corrected chi connectivity index (χ0v) is 13.4. The molecule has 4 nitrogen and oxygen atoms in total. The second kappa shape index (κ2) is 7.22. The fourth-order valence-electron chi connectivity index (χ4n) is 2.06. The first kappa shape index (κ1) is 24.2. The molecule has 0 aromatic heterocycles. The molecule has 0 aromatic carbocycles. The van der Waals surface area contributed by atoms with Crippen LogP contribution in [0, 0.1) is 0 Å². The van der Waals surface area contributed by atoms with Gasteiger partial charge in [0.05, 0.1) is 19.5 Å². The van der Waals surface area contributed by atoms with Gasteiger partial charge in [-0.1, -0.05) is 6.58 Å².